The molecule has 0 bridgehead atoms. The fourth-order valence-electron chi connectivity index (χ4n) is 2.37. The van der Waals surface area contributed by atoms with Gasteiger partial charge in [-0.1, -0.05) is 0 Å². The third-order valence-electron chi connectivity index (χ3n) is 3.43. The minimum atomic E-state index is -0.959. The third-order valence-corrected chi connectivity index (χ3v) is 4.65. The van der Waals surface area contributed by atoms with Gasteiger partial charge in [0.05, 0.1) is 17.1 Å². The Morgan fingerprint density at radius 2 is 2.30 bits per heavy atom. The van der Waals surface area contributed by atoms with Crippen molar-refractivity contribution in [1.29, 1.82) is 0 Å². The number of amides is 1. The molecule has 0 saturated carbocycles. The van der Waals surface area contributed by atoms with E-state index < -0.39 is 12.0 Å². The summed E-state index contributed by atoms with van der Waals surface area (Å²) in [6.45, 7) is 1.85. The van der Waals surface area contributed by atoms with Gasteiger partial charge in [-0.05, 0) is 25.1 Å². The van der Waals surface area contributed by atoms with Gasteiger partial charge in [0.2, 0.25) is 0 Å². The molecule has 0 radical (unpaired) electrons. The smallest absolute Gasteiger partial charge is 0.327 e. The molecule has 1 fully saturated rings. The van der Waals surface area contributed by atoms with Crippen molar-refractivity contribution in [3.63, 3.8) is 0 Å². The molecule has 1 aliphatic rings. The summed E-state index contributed by atoms with van der Waals surface area (Å²) in [7, 11) is 0. The van der Waals surface area contributed by atoms with Crippen LogP contribution in [0.15, 0.2) is 24.4 Å². The summed E-state index contributed by atoms with van der Waals surface area (Å²) < 4.78 is 0. The first-order valence-electron chi connectivity index (χ1n) is 6.18. The maximum absolute atomic E-state index is 12.6. The number of aromatic nitrogens is 2. The van der Waals surface area contributed by atoms with Gasteiger partial charge in [-0.2, -0.15) is 5.10 Å². The van der Waals surface area contributed by atoms with Crippen molar-refractivity contribution in [1.82, 2.24) is 15.1 Å². The van der Waals surface area contributed by atoms with Gasteiger partial charge in [0.15, 0.2) is 0 Å². The number of carbonyl (C=O) groups is 2. The van der Waals surface area contributed by atoms with E-state index in [0.29, 0.717) is 11.3 Å². The Hall–Kier alpha value is -2.02. The second kappa shape index (κ2) is 4.82. The molecule has 0 spiro atoms. The molecular weight excluding hydrogens is 278 g/mol. The first-order chi connectivity index (χ1) is 9.58. The van der Waals surface area contributed by atoms with E-state index >= 15 is 0 Å². The maximum Gasteiger partial charge on any atom is 0.327 e. The summed E-state index contributed by atoms with van der Waals surface area (Å²) in [5.74, 6) is -0.784. The Balaban J connectivity index is 1.95. The van der Waals surface area contributed by atoms with Gasteiger partial charge < -0.3 is 10.0 Å². The van der Waals surface area contributed by atoms with Crippen molar-refractivity contribution in [2.45, 2.75) is 18.3 Å². The van der Waals surface area contributed by atoms with E-state index in [-0.39, 0.29) is 11.3 Å². The van der Waals surface area contributed by atoms with Crippen molar-refractivity contribution >= 4 is 34.5 Å². The zero-order chi connectivity index (χ0) is 14.3. The summed E-state index contributed by atoms with van der Waals surface area (Å²) in [5.41, 5.74) is 1.33. The molecule has 3 rings (SSSR count). The number of thioether (sulfide) groups is 1. The number of H-pyrrole nitrogens is 1. The van der Waals surface area contributed by atoms with Gasteiger partial charge in [0, 0.05) is 16.7 Å². The zero-order valence-corrected chi connectivity index (χ0v) is 11.6. The van der Waals surface area contributed by atoms with Gasteiger partial charge >= 0.3 is 5.97 Å². The monoisotopic (exact) mass is 291 g/mol. The van der Waals surface area contributed by atoms with Crippen LogP contribution < -0.4 is 0 Å². The zero-order valence-electron chi connectivity index (χ0n) is 10.7. The molecule has 1 aromatic heterocycles. The standard InChI is InChI=1S/C13H13N3O3S/c1-7-16(11(6-20-7)13(18)19)12(17)8-2-3-10-9(4-8)5-14-15-10/h2-5,7,11H,6H2,1H3,(H,14,15)(H,18,19). The molecule has 1 aliphatic heterocycles. The number of nitrogens with one attached hydrogen (secondary N) is 1. The number of nitrogens with zero attached hydrogens (tertiary/aromatic N) is 2. The lowest BCUT2D eigenvalue weighted by molar-refractivity contribution is -0.141. The number of carboxylic acid groups (broad SMARTS) is 1. The van der Waals surface area contributed by atoms with Crippen molar-refractivity contribution in [3.05, 3.63) is 30.0 Å². The highest BCUT2D eigenvalue weighted by Gasteiger charge is 2.39. The minimum Gasteiger partial charge on any atom is -0.480 e. The SMILES string of the molecule is CC1SCC(C(=O)O)N1C(=O)c1ccc2[nH]ncc2c1. The summed E-state index contributed by atoms with van der Waals surface area (Å²) in [6, 6.07) is 4.44. The average Bonchev–Trinajstić information content (AvgIpc) is 3.03. The normalized spacial score (nSPS) is 22.4. The first kappa shape index (κ1) is 13.0. The van der Waals surface area contributed by atoms with Crippen molar-refractivity contribution in [2.75, 3.05) is 5.75 Å². The topological polar surface area (TPSA) is 86.3 Å². The largest absolute Gasteiger partial charge is 0.480 e. The van der Waals surface area contributed by atoms with Gasteiger partial charge in [0.25, 0.3) is 5.91 Å². The molecule has 1 aromatic carbocycles. The lowest BCUT2D eigenvalue weighted by Gasteiger charge is -2.25. The van der Waals surface area contributed by atoms with Gasteiger partial charge in [-0.25, -0.2) is 4.79 Å². The number of rotatable bonds is 2. The Labute approximate surface area is 119 Å². The van der Waals surface area contributed by atoms with Crippen LogP contribution in [-0.2, 0) is 4.79 Å². The van der Waals surface area contributed by atoms with E-state index in [4.69, 9.17) is 0 Å². The maximum atomic E-state index is 12.6. The Morgan fingerprint density at radius 3 is 3.05 bits per heavy atom. The molecule has 7 heteroatoms. The van der Waals surface area contributed by atoms with E-state index in [9.17, 15) is 14.7 Å². The molecule has 104 valence electrons. The van der Waals surface area contributed by atoms with Gasteiger partial charge in [-0.15, -0.1) is 11.8 Å². The molecule has 2 heterocycles. The summed E-state index contributed by atoms with van der Waals surface area (Å²) in [6.07, 6.45) is 1.64. The number of aromatic amines is 1. The molecule has 1 amide bonds. The highest BCUT2D eigenvalue weighted by Crippen LogP contribution is 2.30. The van der Waals surface area contributed by atoms with Crippen LogP contribution in [0, 0.1) is 0 Å². The predicted molar refractivity (Wildman–Crippen MR) is 75.6 cm³/mol. The Bertz CT molecular complexity index is 684. The van der Waals surface area contributed by atoms with Crippen molar-refractivity contribution in [2.24, 2.45) is 0 Å². The minimum absolute atomic E-state index is 0.136. The quantitative estimate of drug-likeness (QED) is 0.876. The number of carboxylic acids is 1. The lowest BCUT2D eigenvalue weighted by Crippen LogP contribution is -2.44. The fourth-order valence-corrected chi connectivity index (χ4v) is 3.53. The molecular formula is C13H13N3O3S. The molecule has 2 aromatic rings. The molecule has 2 atom stereocenters. The van der Waals surface area contributed by atoms with Crippen molar-refractivity contribution in [3.8, 4) is 0 Å². The van der Waals surface area contributed by atoms with Crippen LogP contribution in [0.5, 0.6) is 0 Å². The van der Waals surface area contributed by atoms with Crippen LogP contribution in [0.25, 0.3) is 10.9 Å². The predicted octanol–water partition coefficient (Wildman–Crippen LogP) is 1.55. The fraction of sp³-hybridized carbons (Fsp3) is 0.308. The molecule has 6 nitrogen and oxygen atoms in total. The van der Waals surface area contributed by atoms with Crippen molar-refractivity contribution < 1.29 is 14.7 Å². The van der Waals surface area contributed by atoms with Gasteiger partial charge in [0.1, 0.15) is 6.04 Å². The van der Waals surface area contributed by atoms with E-state index in [1.165, 1.54) is 16.7 Å². The van der Waals surface area contributed by atoms with E-state index in [0.717, 1.165) is 10.9 Å². The lowest BCUT2D eigenvalue weighted by atomic mass is 10.1. The molecule has 2 unspecified atom stereocenters. The summed E-state index contributed by atoms with van der Waals surface area (Å²) in [4.78, 5) is 25.2. The Morgan fingerprint density at radius 1 is 1.50 bits per heavy atom. The van der Waals surface area contributed by atoms with Gasteiger partial charge in [-0.3, -0.25) is 9.89 Å². The third kappa shape index (κ3) is 2.03. The summed E-state index contributed by atoms with van der Waals surface area (Å²) in [5, 5.41) is 16.6. The summed E-state index contributed by atoms with van der Waals surface area (Å²) >= 11 is 1.48. The van der Waals surface area contributed by atoms with E-state index in [1.807, 2.05) is 6.92 Å². The number of hydrogen-bond donors (Lipinski definition) is 2. The second-order valence-corrected chi connectivity index (χ2v) is 6.02. The highest BCUT2D eigenvalue weighted by molar-refractivity contribution is 8.00. The Kier molecular flexibility index (Phi) is 3.13. The molecule has 1 saturated heterocycles. The average molecular weight is 291 g/mol. The number of carbonyl (C=O) groups excluding carboxylic acids is 1. The number of hydrogen-bond acceptors (Lipinski definition) is 4. The van der Waals surface area contributed by atoms with Crippen LogP contribution in [0.2, 0.25) is 0 Å². The van der Waals surface area contributed by atoms with E-state index in [2.05, 4.69) is 10.2 Å². The number of aliphatic carboxylic acids is 1. The first-order valence-corrected chi connectivity index (χ1v) is 7.23. The van der Waals surface area contributed by atoms with Crippen LogP contribution >= 0.6 is 11.8 Å². The van der Waals surface area contributed by atoms with E-state index in [1.54, 1.807) is 24.4 Å². The number of fused-ring (bicyclic) bond motifs is 1. The van der Waals surface area contributed by atoms with Crippen LogP contribution in [-0.4, -0.2) is 49.2 Å². The molecule has 0 aliphatic carbocycles. The molecule has 20 heavy (non-hydrogen) atoms. The van der Waals surface area contributed by atoms with Crippen LogP contribution in [0.4, 0.5) is 0 Å². The van der Waals surface area contributed by atoms with Crippen LogP contribution in [0.1, 0.15) is 17.3 Å². The molecule has 2 N–H and O–H groups in total. The number of benzene rings is 1. The van der Waals surface area contributed by atoms with Crippen LogP contribution in [0.3, 0.4) is 0 Å². The second-order valence-electron chi connectivity index (χ2n) is 4.67. The highest BCUT2D eigenvalue weighted by atomic mass is 32.2.